The van der Waals surface area contributed by atoms with E-state index in [0.717, 1.165) is 49.2 Å². The van der Waals surface area contributed by atoms with Gasteiger partial charge in [0.15, 0.2) is 23.1 Å². The third-order valence-electron chi connectivity index (χ3n) is 9.95. The predicted molar refractivity (Wildman–Crippen MR) is 220 cm³/mol. The lowest BCUT2D eigenvalue weighted by Gasteiger charge is -2.27. The van der Waals surface area contributed by atoms with Gasteiger partial charge in [0.2, 0.25) is 0 Å². The number of nitrogens with zero attached hydrogens (tertiary/aromatic N) is 2. The van der Waals surface area contributed by atoms with E-state index in [1.807, 2.05) is 84.9 Å². The molecule has 0 aromatic heterocycles. The minimum absolute atomic E-state index is 0.162. The second-order valence-corrected chi connectivity index (χ2v) is 15.4. The van der Waals surface area contributed by atoms with Crippen molar-refractivity contribution in [1.29, 1.82) is 0 Å². The number of aryl methyl sites for hydroxylation is 1. The molecule has 0 spiro atoms. The summed E-state index contributed by atoms with van der Waals surface area (Å²) in [6.45, 7) is 3.64. The molecular weight excluding hydrogens is 824 g/mol. The molecule has 0 bridgehead atoms. The molecule has 0 radical (unpaired) electrons. The van der Waals surface area contributed by atoms with Crippen LogP contribution in [0.1, 0.15) is 54.6 Å². The maximum Gasteiger partial charge on any atom is 0.290 e. The Hall–Kier alpha value is -5.32. The molecule has 2 atom stereocenters. The summed E-state index contributed by atoms with van der Waals surface area (Å²) in [6.07, 6.45) is 2.20. The van der Waals surface area contributed by atoms with E-state index >= 15 is 0 Å². The number of carbonyl (C=O) groups is 4. The summed E-state index contributed by atoms with van der Waals surface area (Å²) < 4.78 is 1.82. The predicted octanol–water partition coefficient (Wildman–Crippen LogP) is 9.50. The summed E-state index contributed by atoms with van der Waals surface area (Å²) in [5.41, 5.74) is 4.28. The van der Waals surface area contributed by atoms with Crippen molar-refractivity contribution in [3.8, 4) is 0 Å². The second-order valence-electron chi connectivity index (χ2n) is 13.5. The van der Waals surface area contributed by atoms with E-state index in [1.165, 1.54) is 19.4 Å². The minimum Gasteiger partial charge on any atom is -0.503 e. The third-order valence-corrected chi connectivity index (χ3v) is 11.0. The summed E-state index contributed by atoms with van der Waals surface area (Å²) in [5.74, 6) is -2.42. The van der Waals surface area contributed by atoms with Crippen LogP contribution in [0.25, 0.3) is 10.8 Å². The molecule has 2 aliphatic rings. The van der Waals surface area contributed by atoms with Crippen LogP contribution in [0.2, 0.25) is 0 Å². The highest BCUT2D eigenvalue weighted by Gasteiger charge is 2.43. The Bertz CT molecular complexity index is 2300. The number of aliphatic hydroxyl groups excluding tert-OH is 2. The molecule has 2 unspecified atom stereocenters. The van der Waals surface area contributed by atoms with Crippen LogP contribution in [0.15, 0.2) is 153 Å². The highest BCUT2D eigenvalue weighted by Crippen LogP contribution is 2.39. The first-order valence-corrected chi connectivity index (χ1v) is 19.6. The molecule has 2 heterocycles. The molecule has 2 aliphatic heterocycles. The van der Waals surface area contributed by atoms with Gasteiger partial charge in [-0.3, -0.25) is 19.2 Å². The zero-order valence-electron chi connectivity index (χ0n) is 30.4. The number of carbonyl (C=O) groups excluding carboxylic acids is 4. The maximum atomic E-state index is 12.8. The average Bonchev–Trinajstić information content (AvgIpc) is 3.59. The molecule has 10 heteroatoms. The first-order chi connectivity index (χ1) is 26.5. The summed E-state index contributed by atoms with van der Waals surface area (Å²) in [6, 6.07) is 38.1. The smallest absolute Gasteiger partial charge is 0.290 e. The first-order valence-electron chi connectivity index (χ1n) is 18.0. The van der Waals surface area contributed by atoms with Gasteiger partial charge in [-0.2, -0.15) is 0 Å². The summed E-state index contributed by atoms with van der Waals surface area (Å²) in [7, 11) is 0. The lowest BCUT2D eigenvalue weighted by molar-refractivity contribution is -0.130. The monoisotopic (exact) mass is 862 g/mol. The normalized spacial score (nSPS) is 16.9. The van der Waals surface area contributed by atoms with Crippen molar-refractivity contribution in [1.82, 2.24) is 9.80 Å². The standard InChI is InChI=1S/C24H20BrNO3.C21H20BrNO3/c1-15(27)21-22(18-9-11-19(25)12-10-18)26(24(29)23(21)28)14-13-17-7-4-6-16-5-2-3-8-20(16)17;1-14(24)18-19(16-9-11-17(22)12-10-16)23(21(26)20(18)25)13-5-8-15-6-3-2-4-7-15/h2-12,22,28H,13-14H2,1H3;2-4,6-7,9-12,19,25H,5,8,13H2,1H3. The average molecular weight is 865 g/mol. The van der Waals surface area contributed by atoms with Crippen LogP contribution in [0.5, 0.6) is 0 Å². The van der Waals surface area contributed by atoms with Crippen molar-refractivity contribution in [3.05, 3.63) is 175 Å². The van der Waals surface area contributed by atoms with E-state index in [4.69, 9.17) is 0 Å². The van der Waals surface area contributed by atoms with Gasteiger partial charge in [-0.05, 0) is 90.4 Å². The van der Waals surface area contributed by atoms with E-state index in [-0.39, 0.29) is 22.7 Å². The zero-order chi connectivity index (χ0) is 39.2. The fourth-order valence-electron chi connectivity index (χ4n) is 7.32. The molecule has 2 amide bonds. The van der Waals surface area contributed by atoms with Gasteiger partial charge in [0, 0.05) is 22.0 Å². The van der Waals surface area contributed by atoms with Gasteiger partial charge in [0.25, 0.3) is 11.8 Å². The van der Waals surface area contributed by atoms with Crippen molar-refractivity contribution in [2.24, 2.45) is 0 Å². The van der Waals surface area contributed by atoms with Gasteiger partial charge in [0.1, 0.15) is 0 Å². The molecule has 0 saturated heterocycles. The molecule has 2 N–H and O–H groups in total. The van der Waals surface area contributed by atoms with E-state index in [1.54, 1.807) is 9.80 Å². The SMILES string of the molecule is CC(=O)C1=C(O)C(=O)N(CCCc2ccccc2)C1c1ccc(Br)cc1.CC(=O)C1=C(O)C(=O)N(CCc2cccc3ccccc23)C1c1ccc(Br)cc1. The number of amides is 2. The quantitative estimate of drug-likeness (QED) is 0.137. The van der Waals surface area contributed by atoms with Gasteiger partial charge in [0.05, 0.1) is 23.2 Å². The van der Waals surface area contributed by atoms with Crippen LogP contribution in [0, 0.1) is 0 Å². The number of hydrogen-bond acceptors (Lipinski definition) is 6. The van der Waals surface area contributed by atoms with Crippen LogP contribution in [0.4, 0.5) is 0 Å². The van der Waals surface area contributed by atoms with E-state index in [9.17, 15) is 29.4 Å². The van der Waals surface area contributed by atoms with Crippen LogP contribution in [-0.4, -0.2) is 56.5 Å². The molecule has 5 aromatic carbocycles. The molecule has 55 heavy (non-hydrogen) atoms. The number of benzene rings is 5. The number of hydrogen-bond donors (Lipinski definition) is 2. The maximum absolute atomic E-state index is 12.8. The largest absolute Gasteiger partial charge is 0.503 e. The van der Waals surface area contributed by atoms with Crippen LogP contribution < -0.4 is 0 Å². The Morgan fingerprint density at radius 2 is 1.05 bits per heavy atom. The number of aliphatic hydroxyl groups is 2. The van der Waals surface area contributed by atoms with Crippen molar-refractivity contribution in [3.63, 3.8) is 0 Å². The first kappa shape index (κ1) is 39.4. The van der Waals surface area contributed by atoms with Gasteiger partial charge in [-0.15, -0.1) is 0 Å². The molecule has 0 saturated carbocycles. The van der Waals surface area contributed by atoms with Gasteiger partial charge in [-0.1, -0.05) is 129 Å². The van der Waals surface area contributed by atoms with Gasteiger partial charge >= 0.3 is 0 Å². The fourth-order valence-corrected chi connectivity index (χ4v) is 7.85. The Morgan fingerprint density at radius 1 is 0.582 bits per heavy atom. The van der Waals surface area contributed by atoms with E-state index in [2.05, 4.69) is 68.3 Å². The molecule has 7 rings (SSSR count). The topological polar surface area (TPSA) is 115 Å². The molecule has 8 nitrogen and oxygen atoms in total. The molecular formula is C45H40Br2N2O6. The highest BCUT2D eigenvalue weighted by molar-refractivity contribution is 9.10. The number of fused-ring (bicyclic) bond motifs is 1. The number of Topliss-reactive ketones (excluding diaryl/α,β-unsaturated/α-hetero) is 2. The van der Waals surface area contributed by atoms with Crippen LogP contribution in [-0.2, 0) is 32.0 Å². The Kier molecular flexibility index (Phi) is 12.5. The van der Waals surface area contributed by atoms with E-state index in [0.29, 0.717) is 19.5 Å². The van der Waals surface area contributed by atoms with Crippen LogP contribution in [0.3, 0.4) is 0 Å². The number of ketones is 2. The van der Waals surface area contributed by atoms with Gasteiger partial charge in [-0.25, -0.2) is 0 Å². The van der Waals surface area contributed by atoms with E-state index < -0.39 is 35.4 Å². The number of halogens is 2. The van der Waals surface area contributed by atoms with Gasteiger partial charge < -0.3 is 20.0 Å². The second kappa shape index (κ2) is 17.4. The lowest BCUT2D eigenvalue weighted by atomic mass is 9.96. The lowest BCUT2D eigenvalue weighted by Crippen LogP contribution is -2.33. The Balaban J connectivity index is 0.000000188. The minimum atomic E-state index is -0.580. The summed E-state index contributed by atoms with van der Waals surface area (Å²) in [5, 5.41) is 23.0. The molecule has 0 fully saturated rings. The Morgan fingerprint density at radius 3 is 1.58 bits per heavy atom. The van der Waals surface area contributed by atoms with Crippen molar-refractivity contribution in [2.45, 2.75) is 45.2 Å². The Labute approximate surface area is 337 Å². The third kappa shape index (κ3) is 8.66. The zero-order valence-corrected chi connectivity index (χ0v) is 33.6. The van der Waals surface area contributed by atoms with Crippen LogP contribution >= 0.6 is 31.9 Å². The molecule has 5 aromatic rings. The van der Waals surface area contributed by atoms with Crippen molar-refractivity contribution < 1.29 is 29.4 Å². The molecule has 0 aliphatic carbocycles. The number of rotatable bonds is 11. The van der Waals surface area contributed by atoms with Crippen molar-refractivity contribution >= 4 is 66.0 Å². The molecule has 280 valence electrons. The fraction of sp³-hybridized carbons (Fsp3) is 0.200. The summed E-state index contributed by atoms with van der Waals surface area (Å²) >= 11 is 6.81. The summed E-state index contributed by atoms with van der Waals surface area (Å²) in [4.78, 5) is 52.9. The highest BCUT2D eigenvalue weighted by atomic mass is 79.9. The van der Waals surface area contributed by atoms with Crippen molar-refractivity contribution in [2.75, 3.05) is 13.1 Å².